The second-order valence-corrected chi connectivity index (χ2v) is 10.0. The number of methoxy groups -OCH3 is 1. The molecule has 1 unspecified atom stereocenters. The monoisotopic (exact) mass is 534 g/mol. The van der Waals surface area contributed by atoms with Crippen LogP contribution in [0.3, 0.4) is 0 Å². The van der Waals surface area contributed by atoms with Gasteiger partial charge >= 0.3 is 0 Å². The number of hydrogen-bond acceptors (Lipinski definition) is 8. The summed E-state index contributed by atoms with van der Waals surface area (Å²) in [5.41, 5.74) is 2.08. The molecule has 1 atom stereocenters. The Labute approximate surface area is 221 Å². The number of para-hydroxylation sites is 1. The third-order valence-electron chi connectivity index (χ3n) is 5.21. The van der Waals surface area contributed by atoms with E-state index in [1.807, 2.05) is 35.7 Å². The number of thiazole rings is 1. The predicted octanol–water partition coefficient (Wildman–Crippen LogP) is 6.10. The average Bonchev–Trinajstić information content (AvgIpc) is 3.37. The zero-order valence-corrected chi connectivity index (χ0v) is 21.5. The lowest BCUT2D eigenvalue weighted by atomic mass is 10.1. The second-order valence-electron chi connectivity index (χ2n) is 7.78. The average molecular weight is 535 g/mol. The first-order valence-corrected chi connectivity index (χ1v) is 12.8. The van der Waals surface area contributed by atoms with E-state index in [9.17, 15) is 19.7 Å². The number of thioether (sulfide) groups is 1. The van der Waals surface area contributed by atoms with E-state index in [1.54, 1.807) is 32.2 Å². The van der Waals surface area contributed by atoms with Crippen molar-refractivity contribution in [1.82, 2.24) is 4.98 Å². The number of nitrogens with zero attached hydrogens (tertiary/aromatic N) is 2. The number of ether oxygens (including phenoxy) is 1. The van der Waals surface area contributed by atoms with E-state index in [2.05, 4.69) is 15.6 Å². The Morgan fingerprint density at radius 3 is 2.62 bits per heavy atom. The SMILES string of the molecule is COc1ccccc1-c1csc(NC(=O)C(C)Sc2cccc(NC(=O)c3cccc([N+](=O)[O-])c3)c2)n1. The van der Waals surface area contributed by atoms with Gasteiger partial charge in [0.15, 0.2) is 5.13 Å². The van der Waals surface area contributed by atoms with Gasteiger partial charge in [0.2, 0.25) is 5.91 Å². The number of nitro groups is 1. The van der Waals surface area contributed by atoms with E-state index >= 15 is 0 Å². The maximum Gasteiger partial charge on any atom is 0.270 e. The highest BCUT2D eigenvalue weighted by molar-refractivity contribution is 8.00. The molecule has 0 aliphatic heterocycles. The van der Waals surface area contributed by atoms with E-state index in [0.29, 0.717) is 22.3 Å². The third-order valence-corrected chi connectivity index (χ3v) is 7.06. The van der Waals surface area contributed by atoms with Crippen molar-refractivity contribution in [2.24, 2.45) is 0 Å². The van der Waals surface area contributed by atoms with Crippen molar-refractivity contribution in [2.45, 2.75) is 17.1 Å². The zero-order valence-electron chi connectivity index (χ0n) is 19.8. The molecule has 0 bridgehead atoms. The Hall–Kier alpha value is -4.22. The number of nitrogens with one attached hydrogen (secondary N) is 2. The first kappa shape index (κ1) is 25.9. The van der Waals surface area contributed by atoms with Gasteiger partial charge in [-0.05, 0) is 43.3 Å². The van der Waals surface area contributed by atoms with E-state index in [0.717, 1.165) is 10.5 Å². The van der Waals surface area contributed by atoms with Gasteiger partial charge in [-0.15, -0.1) is 23.1 Å². The zero-order chi connectivity index (χ0) is 26.4. The maximum atomic E-state index is 12.8. The molecule has 2 amide bonds. The van der Waals surface area contributed by atoms with Gasteiger partial charge in [-0.2, -0.15) is 0 Å². The molecule has 11 heteroatoms. The minimum absolute atomic E-state index is 0.160. The smallest absolute Gasteiger partial charge is 0.270 e. The first-order valence-electron chi connectivity index (χ1n) is 11.1. The molecular formula is C26H22N4O5S2. The summed E-state index contributed by atoms with van der Waals surface area (Å²) in [6.07, 6.45) is 0. The Morgan fingerprint density at radius 2 is 1.84 bits per heavy atom. The highest BCUT2D eigenvalue weighted by Crippen LogP contribution is 2.32. The van der Waals surface area contributed by atoms with Gasteiger partial charge < -0.3 is 15.4 Å². The van der Waals surface area contributed by atoms with Gasteiger partial charge in [0, 0.05) is 39.2 Å². The van der Waals surface area contributed by atoms with Crippen molar-refractivity contribution in [3.63, 3.8) is 0 Å². The van der Waals surface area contributed by atoms with Gasteiger partial charge in [0.25, 0.3) is 11.6 Å². The quantitative estimate of drug-likeness (QED) is 0.151. The van der Waals surface area contributed by atoms with Crippen molar-refractivity contribution in [3.8, 4) is 17.0 Å². The number of carbonyl (C=O) groups excluding carboxylic acids is 2. The van der Waals surface area contributed by atoms with Crippen LogP contribution < -0.4 is 15.4 Å². The van der Waals surface area contributed by atoms with Gasteiger partial charge in [-0.1, -0.05) is 24.3 Å². The summed E-state index contributed by atoms with van der Waals surface area (Å²) in [4.78, 5) is 41.1. The molecule has 1 aromatic heterocycles. The van der Waals surface area contributed by atoms with E-state index in [-0.39, 0.29) is 17.2 Å². The number of aromatic nitrogens is 1. The summed E-state index contributed by atoms with van der Waals surface area (Å²) in [5.74, 6) is 0.0234. The lowest BCUT2D eigenvalue weighted by Crippen LogP contribution is -2.22. The predicted molar refractivity (Wildman–Crippen MR) is 146 cm³/mol. The van der Waals surface area contributed by atoms with Gasteiger partial charge in [-0.3, -0.25) is 19.7 Å². The highest BCUT2D eigenvalue weighted by Gasteiger charge is 2.18. The molecule has 9 nitrogen and oxygen atoms in total. The second kappa shape index (κ2) is 11.7. The van der Waals surface area contributed by atoms with Crippen molar-refractivity contribution >= 4 is 51.4 Å². The maximum absolute atomic E-state index is 12.8. The Kier molecular flexibility index (Phi) is 8.16. The van der Waals surface area contributed by atoms with Crippen molar-refractivity contribution in [1.29, 1.82) is 0 Å². The standard InChI is InChI=1S/C26H22N4O5S2/c1-16(24(31)29-26-28-22(15-36-26)21-11-3-4-12-23(21)35-2)37-20-10-6-8-18(14-20)27-25(32)17-7-5-9-19(13-17)30(33)34/h3-16H,1-2H3,(H,27,32)(H,28,29,31). The van der Waals surface area contributed by atoms with Crippen LogP contribution in [0.2, 0.25) is 0 Å². The van der Waals surface area contributed by atoms with Crippen molar-refractivity contribution < 1.29 is 19.2 Å². The molecular weight excluding hydrogens is 512 g/mol. The molecule has 3 aromatic carbocycles. The molecule has 4 aromatic rings. The van der Waals surface area contributed by atoms with Crippen molar-refractivity contribution in [3.05, 3.63) is 93.9 Å². The fourth-order valence-corrected chi connectivity index (χ4v) is 5.03. The van der Waals surface area contributed by atoms with E-state index < -0.39 is 16.1 Å². The molecule has 0 saturated heterocycles. The van der Waals surface area contributed by atoms with Crippen LogP contribution in [0.15, 0.2) is 83.1 Å². The molecule has 1 heterocycles. The van der Waals surface area contributed by atoms with Crippen LogP contribution in [0.1, 0.15) is 17.3 Å². The minimum atomic E-state index is -0.550. The third kappa shape index (κ3) is 6.51. The van der Waals surface area contributed by atoms with Crippen LogP contribution in [0.4, 0.5) is 16.5 Å². The van der Waals surface area contributed by atoms with Crippen LogP contribution in [0.5, 0.6) is 5.75 Å². The number of non-ortho nitro benzene ring substituents is 1. The molecule has 2 N–H and O–H groups in total. The number of benzene rings is 3. The topological polar surface area (TPSA) is 123 Å². The summed E-state index contributed by atoms with van der Waals surface area (Å²) in [5, 5.41) is 18.5. The summed E-state index contributed by atoms with van der Waals surface area (Å²) in [6.45, 7) is 1.78. The summed E-state index contributed by atoms with van der Waals surface area (Å²) >= 11 is 2.66. The van der Waals surface area contributed by atoms with Gasteiger partial charge in [0.1, 0.15) is 5.75 Å². The Morgan fingerprint density at radius 1 is 1.05 bits per heavy atom. The summed E-state index contributed by atoms with van der Waals surface area (Å²) < 4.78 is 5.39. The van der Waals surface area contributed by atoms with Crippen LogP contribution >= 0.6 is 23.1 Å². The van der Waals surface area contributed by atoms with Gasteiger partial charge in [-0.25, -0.2) is 4.98 Å². The number of rotatable bonds is 9. The van der Waals surface area contributed by atoms with Crippen molar-refractivity contribution in [2.75, 3.05) is 17.7 Å². The van der Waals surface area contributed by atoms with Crippen LogP contribution in [-0.2, 0) is 4.79 Å². The van der Waals surface area contributed by atoms with Gasteiger partial charge in [0.05, 0.1) is 23.0 Å². The molecule has 0 aliphatic rings. The lowest BCUT2D eigenvalue weighted by molar-refractivity contribution is -0.384. The lowest BCUT2D eigenvalue weighted by Gasteiger charge is -2.12. The van der Waals surface area contributed by atoms with E-state index in [1.165, 1.54) is 47.4 Å². The first-order chi connectivity index (χ1) is 17.8. The molecule has 0 aliphatic carbocycles. The highest BCUT2D eigenvalue weighted by atomic mass is 32.2. The normalized spacial score (nSPS) is 11.4. The molecule has 0 spiro atoms. The molecule has 0 saturated carbocycles. The van der Waals surface area contributed by atoms with Crippen LogP contribution in [0, 0.1) is 10.1 Å². The molecule has 188 valence electrons. The number of carbonyl (C=O) groups is 2. The fraction of sp³-hybridized carbons (Fsp3) is 0.115. The number of anilines is 2. The molecule has 37 heavy (non-hydrogen) atoms. The minimum Gasteiger partial charge on any atom is -0.496 e. The number of amides is 2. The summed E-state index contributed by atoms with van der Waals surface area (Å²) in [6, 6.07) is 20.1. The number of nitro benzene ring substituents is 1. The Bertz CT molecular complexity index is 1460. The molecule has 0 radical (unpaired) electrons. The Balaban J connectivity index is 1.38. The largest absolute Gasteiger partial charge is 0.496 e. The number of hydrogen-bond donors (Lipinski definition) is 2. The molecule has 4 rings (SSSR count). The van der Waals surface area contributed by atoms with E-state index in [4.69, 9.17) is 4.74 Å². The van der Waals surface area contributed by atoms with Crippen LogP contribution in [0.25, 0.3) is 11.3 Å². The molecule has 0 fully saturated rings. The fourth-order valence-electron chi connectivity index (χ4n) is 3.39. The summed E-state index contributed by atoms with van der Waals surface area (Å²) in [7, 11) is 1.60. The van der Waals surface area contributed by atoms with Crippen LogP contribution in [-0.4, -0.2) is 34.1 Å².